The van der Waals surface area contributed by atoms with Crippen LogP contribution in [0.4, 0.5) is 10.6 Å². The molecular weight excluding hydrogens is 222 g/mol. The second-order valence-electron chi connectivity index (χ2n) is 3.66. The summed E-state index contributed by atoms with van der Waals surface area (Å²) >= 11 is 0. The maximum atomic E-state index is 10.7. The summed E-state index contributed by atoms with van der Waals surface area (Å²) < 4.78 is 0. The first kappa shape index (κ1) is 11.3. The van der Waals surface area contributed by atoms with Crippen LogP contribution in [0.25, 0.3) is 5.57 Å². The Morgan fingerprint density at radius 2 is 2.29 bits per heavy atom. The number of carbonyl (C=O) groups is 1. The van der Waals surface area contributed by atoms with Crippen molar-refractivity contribution in [1.29, 1.82) is 0 Å². The molecule has 1 aliphatic heterocycles. The summed E-state index contributed by atoms with van der Waals surface area (Å²) in [5, 5.41) is 16.7. The number of nitrogen functional groups attached to an aromatic ring is 1. The zero-order chi connectivity index (χ0) is 12.3. The third-order valence-corrected chi connectivity index (χ3v) is 2.62. The molecule has 1 aliphatic rings. The molecule has 7 heteroatoms. The molecule has 0 fully saturated rings. The smallest absolute Gasteiger partial charge is 0.407 e. The van der Waals surface area contributed by atoms with E-state index >= 15 is 0 Å². The topological polar surface area (TPSA) is 104 Å². The fourth-order valence-electron chi connectivity index (χ4n) is 1.66. The average Bonchev–Trinajstić information content (AvgIpc) is 2.39. The minimum Gasteiger partial charge on any atom is -0.465 e. The Kier molecular flexibility index (Phi) is 3.20. The molecule has 0 spiro atoms. The van der Waals surface area contributed by atoms with Gasteiger partial charge in [0.05, 0.1) is 5.69 Å². The van der Waals surface area contributed by atoms with Gasteiger partial charge < -0.3 is 15.4 Å². The van der Waals surface area contributed by atoms with E-state index in [-0.39, 0.29) is 0 Å². The van der Waals surface area contributed by atoms with Crippen molar-refractivity contribution in [3.8, 4) is 0 Å². The van der Waals surface area contributed by atoms with Crippen molar-refractivity contribution in [3.63, 3.8) is 0 Å². The van der Waals surface area contributed by atoms with Crippen LogP contribution in [0, 0.1) is 0 Å². The fourth-order valence-corrected chi connectivity index (χ4v) is 1.66. The van der Waals surface area contributed by atoms with Crippen molar-refractivity contribution in [1.82, 2.24) is 15.1 Å². The van der Waals surface area contributed by atoms with Gasteiger partial charge in [0.15, 0.2) is 5.82 Å². The molecule has 4 N–H and O–H groups in total. The van der Waals surface area contributed by atoms with Crippen LogP contribution in [0.3, 0.4) is 0 Å². The summed E-state index contributed by atoms with van der Waals surface area (Å²) in [6.45, 7) is 0.878. The number of nitrogens with two attached hydrogens (primary N) is 1. The molecule has 0 aromatic carbocycles. The van der Waals surface area contributed by atoms with Gasteiger partial charge in [-0.1, -0.05) is 6.08 Å². The summed E-state index contributed by atoms with van der Waals surface area (Å²) in [5.74, 6) is 5.69. The molecular formula is C10H13N5O2. The number of aromatic nitrogens is 2. The van der Waals surface area contributed by atoms with Gasteiger partial charge in [-0.3, -0.25) is 0 Å². The number of hydrogen-bond acceptors (Lipinski definition) is 5. The second-order valence-corrected chi connectivity index (χ2v) is 3.66. The zero-order valence-corrected chi connectivity index (χ0v) is 9.13. The quantitative estimate of drug-likeness (QED) is 0.510. The molecule has 2 heterocycles. The van der Waals surface area contributed by atoms with E-state index in [0.29, 0.717) is 25.3 Å². The highest BCUT2D eigenvalue weighted by atomic mass is 16.4. The van der Waals surface area contributed by atoms with E-state index in [2.05, 4.69) is 15.6 Å². The van der Waals surface area contributed by atoms with Crippen LogP contribution < -0.4 is 11.3 Å². The predicted molar refractivity (Wildman–Crippen MR) is 62.0 cm³/mol. The van der Waals surface area contributed by atoms with Crippen LogP contribution >= 0.6 is 0 Å². The molecule has 0 unspecified atom stereocenters. The summed E-state index contributed by atoms with van der Waals surface area (Å²) in [6, 6.07) is 3.54. The molecule has 0 bridgehead atoms. The molecule has 0 radical (unpaired) electrons. The maximum Gasteiger partial charge on any atom is 0.407 e. The Hall–Kier alpha value is -2.15. The molecule has 7 nitrogen and oxygen atoms in total. The van der Waals surface area contributed by atoms with Crippen molar-refractivity contribution in [2.75, 3.05) is 18.5 Å². The minimum atomic E-state index is -0.894. The number of nitrogens with one attached hydrogen (secondary N) is 1. The van der Waals surface area contributed by atoms with E-state index < -0.39 is 6.09 Å². The van der Waals surface area contributed by atoms with Gasteiger partial charge in [-0.25, -0.2) is 10.6 Å². The van der Waals surface area contributed by atoms with Gasteiger partial charge in [-0.15, -0.1) is 10.2 Å². The van der Waals surface area contributed by atoms with E-state index in [0.717, 1.165) is 11.3 Å². The van der Waals surface area contributed by atoms with Crippen molar-refractivity contribution in [3.05, 3.63) is 23.9 Å². The Morgan fingerprint density at radius 3 is 2.76 bits per heavy atom. The number of amides is 1. The van der Waals surface area contributed by atoms with E-state index in [9.17, 15) is 4.79 Å². The Labute approximate surface area is 97.9 Å². The van der Waals surface area contributed by atoms with Crippen LogP contribution in [-0.4, -0.2) is 39.4 Å². The predicted octanol–water partition coefficient (Wildman–Crippen LogP) is 0.529. The normalized spacial score (nSPS) is 15.4. The van der Waals surface area contributed by atoms with Crippen LogP contribution in [-0.2, 0) is 0 Å². The van der Waals surface area contributed by atoms with E-state index in [1.807, 2.05) is 12.1 Å². The van der Waals surface area contributed by atoms with Crippen molar-refractivity contribution in [2.24, 2.45) is 5.84 Å². The van der Waals surface area contributed by atoms with E-state index in [4.69, 9.17) is 10.9 Å². The fraction of sp³-hybridized carbons (Fsp3) is 0.300. The van der Waals surface area contributed by atoms with Crippen molar-refractivity contribution in [2.45, 2.75) is 6.42 Å². The Bertz CT molecular complexity index is 443. The summed E-state index contributed by atoms with van der Waals surface area (Å²) in [6.07, 6.45) is 1.61. The van der Waals surface area contributed by atoms with Gasteiger partial charge in [0.1, 0.15) is 0 Å². The first-order valence-electron chi connectivity index (χ1n) is 5.18. The number of carboxylic acid groups (broad SMARTS) is 1. The molecule has 1 aromatic heterocycles. The SMILES string of the molecule is NNc1ccc(C2=CCN(C(=O)O)CC2)nn1. The lowest BCUT2D eigenvalue weighted by Crippen LogP contribution is -2.33. The molecule has 1 amide bonds. The van der Waals surface area contributed by atoms with Crippen molar-refractivity contribution >= 4 is 17.5 Å². The lowest BCUT2D eigenvalue weighted by atomic mass is 10.1. The monoisotopic (exact) mass is 235 g/mol. The van der Waals surface area contributed by atoms with Gasteiger partial charge in [0.25, 0.3) is 0 Å². The lowest BCUT2D eigenvalue weighted by molar-refractivity contribution is 0.150. The Balaban J connectivity index is 2.10. The third-order valence-electron chi connectivity index (χ3n) is 2.62. The summed E-state index contributed by atoms with van der Waals surface area (Å²) in [5.41, 5.74) is 4.17. The van der Waals surface area contributed by atoms with Crippen LogP contribution in [0.15, 0.2) is 18.2 Å². The zero-order valence-electron chi connectivity index (χ0n) is 9.13. The second kappa shape index (κ2) is 4.79. The highest BCUT2D eigenvalue weighted by molar-refractivity contribution is 5.70. The van der Waals surface area contributed by atoms with Crippen LogP contribution in [0.2, 0.25) is 0 Å². The number of hydrogen-bond donors (Lipinski definition) is 3. The summed E-state index contributed by atoms with van der Waals surface area (Å²) in [4.78, 5) is 12.1. The number of anilines is 1. The molecule has 0 saturated carbocycles. The minimum absolute atomic E-state index is 0.392. The third kappa shape index (κ3) is 2.51. The standard InChI is InChI=1S/C10H13N5O2/c11-12-9-2-1-8(13-14-9)7-3-5-15(6-4-7)10(16)17/h1-3H,4-6,11H2,(H,12,14)(H,16,17). The highest BCUT2D eigenvalue weighted by Gasteiger charge is 2.17. The van der Waals surface area contributed by atoms with Gasteiger partial charge in [0.2, 0.25) is 0 Å². The largest absolute Gasteiger partial charge is 0.465 e. The van der Waals surface area contributed by atoms with Gasteiger partial charge in [-0.2, -0.15) is 0 Å². The van der Waals surface area contributed by atoms with Gasteiger partial charge in [-0.05, 0) is 24.1 Å². The first-order chi connectivity index (χ1) is 8.20. The molecule has 2 rings (SSSR count). The molecule has 1 aromatic rings. The maximum absolute atomic E-state index is 10.7. The number of nitrogens with zero attached hydrogens (tertiary/aromatic N) is 3. The van der Waals surface area contributed by atoms with Crippen LogP contribution in [0.1, 0.15) is 12.1 Å². The van der Waals surface area contributed by atoms with Gasteiger partial charge in [0, 0.05) is 13.1 Å². The van der Waals surface area contributed by atoms with Crippen LogP contribution in [0.5, 0.6) is 0 Å². The Morgan fingerprint density at radius 1 is 1.47 bits per heavy atom. The lowest BCUT2D eigenvalue weighted by Gasteiger charge is -2.23. The molecule has 0 aliphatic carbocycles. The molecule has 0 saturated heterocycles. The molecule has 0 atom stereocenters. The van der Waals surface area contributed by atoms with Gasteiger partial charge >= 0.3 is 6.09 Å². The number of rotatable bonds is 2. The van der Waals surface area contributed by atoms with E-state index in [1.54, 1.807) is 6.07 Å². The summed E-state index contributed by atoms with van der Waals surface area (Å²) in [7, 11) is 0. The highest BCUT2D eigenvalue weighted by Crippen LogP contribution is 2.20. The molecule has 90 valence electrons. The molecule has 17 heavy (non-hydrogen) atoms. The van der Waals surface area contributed by atoms with Crippen molar-refractivity contribution < 1.29 is 9.90 Å². The first-order valence-corrected chi connectivity index (χ1v) is 5.18. The average molecular weight is 235 g/mol. The number of hydrazine groups is 1. The van der Waals surface area contributed by atoms with E-state index in [1.165, 1.54) is 4.90 Å².